The molecule has 1 atom stereocenters. The van der Waals surface area contributed by atoms with Gasteiger partial charge in [0.1, 0.15) is 6.10 Å². The predicted octanol–water partition coefficient (Wildman–Crippen LogP) is 4.94. The lowest BCUT2D eigenvalue weighted by molar-refractivity contribution is -0.145. The summed E-state index contributed by atoms with van der Waals surface area (Å²) in [6.45, 7) is 11.0. The van der Waals surface area contributed by atoms with E-state index in [1.165, 1.54) is 0 Å². The molecule has 0 bridgehead atoms. The largest absolute Gasteiger partial charge is 0.479 e. The Morgan fingerprint density at radius 3 is 2.19 bits per heavy atom. The molecule has 0 spiro atoms. The van der Waals surface area contributed by atoms with Gasteiger partial charge in [-0.05, 0) is 35.8 Å². The molecule has 0 aliphatic carbocycles. The summed E-state index contributed by atoms with van der Waals surface area (Å²) < 4.78 is 32.7. The molecule has 1 saturated heterocycles. The predicted molar refractivity (Wildman–Crippen MR) is 106 cm³/mol. The van der Waals surface area contributed by atoms with Crippen LogP contribution in [0.3, 0.4) is 0 Å². The average Bonchev–Trinajstić information content (AvgIpc) is 2.54. The van der Waals surface area contributed by atoms with E-state index in [9.17, 15) is 18.7 Å². The Kier molecular flexibility index (Phi) is 6.36. The maximum absolute atomic E-state index is 13.3. The first-order chi connectivity index (χ1) is 12.3. The highest BCUT2D eigenvalue weighted by atomic mass is 28.4. The van der Waals surface area contributed by atoms with Crippen molar-refractivity contribution < 1.29 is 23.1 Å². The van der Waals surface area contributed by atoms with E-state index in [0.717, 1.165) is 11.3 Å². The molecule has 1 heterocycles. The minimum absolute atomic E-state index is 0.0686. The van der Waals surface area contributed by atoms with Crippen LogP contribution < -0.4 is 4.90 Å². The molecule has 1 aromatic rings. The summed E-state index contributed by atoms with van der Waals surface area (Å²) in [5, 5.41) is 9.52. The molecule has 1 N–H and O–H groups in total. The van der Waals surface area contributed by atoms with Crippen LogP contribution in [-0.4, -0.2) is 44.5 Å². The van der Waals surface area contributed by atoms with E-state index < -0.39 is 26.3 Å². The normalized spacial score (nSPS) is 19.0. The molecule has 0 amide bonds. The number of hydrogen-bond donors (Lipinski definition) is 1. The fourth-order valence-electron chi connectivity index (χ4n) is 2.86. The van der Waals surface area contributed by atoms with Gasteiger partial charge in [0.2, 0.25) is 0 Å². The number of carboxylic acid groups (broad SMARTS) is 1. The van der Waals surface area contributed by atoms with E-state index in [4.69, 9.17) is 4.43 Å². The van der Waals surface area contributed by atoms with Gasteiger partial charge in [0.05, 0.1) is 0 Å². The van der Waals surface area contributed by atoms with Gasteiger partial charge in [-0.25, -0.2) is 13.6 Å². The zero-order valence-corrected chi connectivity index (χ0v) is 17.9. The molecular weight excluding hydrogens is 368 g/mol. The van der Waals surface area contributed by atoms with Gasteiger partial charge >= 0.3 is 5.97 Å². The fraction of sp³-hybridized carbons (Fsp3) is 0.650. The molecule has 0 radical (unpaired) electrons. The third-order valence-electron chi connectivity index (χ3n) is 5.74. The highest BCUT2D eigenvalue weighted by Gasteiger charge is 2.40. The first-order valence-corrected chi connectivity index (χ1v) is 12.3. The Bertz CT molecular complexity index is 646. The van der Waals surface area contributed by atoms with Gasteiger partial charge < -0.3 is 14.4 Å². The van der Waals surface area contributed by atoms with Crippen molar-refractivity contribution in [1.82, 2.24) is 0 Å². The molecule has 2 rings (SSSR count). The number of carbonyl (C=O) groups is 1. The third kappa shape index (κ3) is 5.75. The van der Waals surface area contributed by atoms with E-state index in [0.29, 0.717) is 19.5 Å². The number of benzene rings is 1. The molecule has 1 fully saturated rings. The van der Waals surface area contributed by atoms with Gasteiger partial charge in [0.25, 0.3) is 5.92 Å². The lowest BCUT2D eigenvalue weighted by atomic mass is 10.0. The van der Waals surface area contributed by atoms with Crippen molar-refractivity contribution in [3.05, 3.63) is 29.8 Å². The summed E-state index contributed by atoms with van der Waals surface area (Å²) in [5.41, 5.74) is 1.76. The molecule has 7 heteroatoms. The van der Waals surface area contributed by atoms with Crippen molar-refractivity contribution in [1.29, 1.82) is 0 Å². The average molecular weight is 400 g/mol. The van der Waals surface area contributed by atoms with Gasteiger partial charge in [-0.2, -0.15) is 0 Å². The Morgan fingerprint density at radius 1 is 1.22 bits per heavy atom. The number of nitrogens with zero attached hydrogens (tertiary/aromatic N) is 1. The summed E-state index contributed by atoms with van der Waals surface area (Å²) in [6.07, 6.45) is -0.850. The quantitative estimate of drug-likeness (QED) is 0.689. The topological polar surface area (TPSA) is 49.8 Å². The smallest absolute Gasteiger partial charge is 0.331 e. The van der Waals surface area contributed by atoms with Crippen molar-refractivity contribution in [2.75, 3.05) is 18.0 Å². The van der Waals surface area contributed by atoms with Gasteiger partial charge in [-0.15, -0.1) is 0 Å². The molecule has 1 aliphatic rings. The van der Waals surface area contributed by atoms with E-state index in [1.807, 2.05) is 42.3 Å². The van der Waals surface area contributed by atoms with Gasteiger partial charge in [-0.1, -0.05) is 32.9 Å². The van der Waals surface area contributed by atoms with Crippen LogP contribution in [0.2, 0.25) is 18.1 Å². The highest BCUT2D eigenvalue weighted by Crippen LogP contribution is 2.37. The zero-order valence-electron chi connectivity index (χ0n) is 16.9. The van der Waals surface area contributed by atoms with Crippen LogP contribution in [0.25, 0.3) is 0 Å². The van der Waals surface area contributed by atoms with Crippen LogP contribution in [0.5, 0.6) is 0 Å². The number of alkyl halides is 2. The number of rotatable bonds is 6. The van der Waals surface area contributed by atoms with Gasteiger partial charge in [0.15, 0.2) is 8.32 Å². The van der Waals surface area contributed by atoms with Crippen molar-refractivity contribution in [2.45, 2.75) is 70.2 Å². The van der Waals surface area contributed by atoms with Crippen LogP contribution in [-0.2, 0) is 15.6 Å². The Balaban J connectivity index is 2.04. The second kappa shape index (κ2) is 7.87. The van der Waals surface area contributed by atoms with Crippen LogP contribution in [0.15, 0.2) is 24.3 Å². The monoisotopic (exact) mass is 399 g/mol. The number of hydrogen-bond acceptors (Lipinski definition) is 3. The Morgan fingerprint density at radius 2 is 1.74 bits per heavy atom. The zero-order chi connectivity index (χ0) is 20.5. The number of carboxylic acids is 1. The SMILES string of the molecule is CC(C)(C)[Si](C)(C)OC(Cc1ccc(N2CCC(F)(F)CC2)cc1)C(=O)O. The molecule has 1 aromatic carbocycles. The third-order valence-corrected chi connectivity index (χ3v) is 10.2. The van der Waals surface area contributed by atoms with Crippen LogP contribution >= 0.6 is 0 Å². The summed E-state index contributed by atoms with van der Waals surface area (Å²) in [6, 6.07) is 7.49. The molecule has 0 saturated carbocycles. The van der Waals surface area contributed by atoms with Crippen LogP contribution in [0, 0.1) is 0 Å². The van der Waals surface area contributed by atoms with E-state index in [2.05, 4.69) is 20.8 Å². The molecule has 152 valence electrons. The van der Waals surface area contributed by atoms with Crippen LogP contribution in [0.1, 0.15) is 39.2 Å². The summed E-state index contributed by atoms with van der Waals surface area (Å²) in [7, 11) is -2.20. The minimum atomic E-state index is -2.56. The molecule has 27 heavy (non-hydrogen) atoms. The number of piperidine rings is 1. The highest BCUT2D eigenvalue weighted by molar-refractivity contribution is 6.74. The van der Waals surface area contributed by atoms with E-state index in [1.54, 1.807) is 0 Å². The van der Waals surface area contributed by atoms with Gasteiger partial charge in [-0.3, -0.25) is 0 Å². The van der Waals surface area contributed by atoms with Crippen molar-refractivity contribution in [3.8, 4) is 0 Å². The maximum Gasteiger partial charge on any atom is 0.331 e. The summed E-state index contributed by atoms with van der Waals surface area (Å²) in [5.74, 6) is -3.52. The van der Waals surface area contributed by atoms with E-state index in [-0.39, 0.29) is 17.9 Å². The second-order valence-corrected chi connectivity index (χ2v) is 13.7. The van der Waals surface area contributed by atoms with E-state index >= 15 is 0 Å². The Hall–Kier alpha value is -1.47. The number of anilines is 1. The lowest BCUT2D eigenvalue weighted by Gasteiger charge is -2.38. The standard InChI is InChI=1S/C20H31F2NO3Si/c1-19(2,3)27(4,5)26-17(18(24)25)14-15-6-8-16(9-7-15)23-12-10-20(21,22)11-13-23/h6-9,17H,10-14H2,1-5H3,(H,24,25). The molecule has 1 aliphatic heterocycles. The van der Waals surface area contributed by atoms with Crippen molar-refractivity contribution >= 4 is 20.0 Å². The summed E-state index contributed by atoms with van der Waals surface area (Å²) >= 11 is 0. The lowest BCUT2D eigenvalue weighted by Crippen LogP contribution is -2.46. The van der Waals surface area contributed by atoms with Crippen molar-refractivity contribution in [2.24, 2.45) is 0 Å². The molecule has 4 nitrogen and oxygen atoms in total. The maximum atomic E-state index is 13.3. The Labute approximate surface area is 161 Å². The number of halogens is 2. The van der Waals surface area contributed by atoms with Crippen molar-refractivity contribution in [3.63, 3.8) is 0 Å². The first-order valence-electron chi connectivity index (χ1n) is 9.43. The number of aliphatic carboxylic acids is 1. The first kappa shape index (κ1) is 21.8. The minimum Gasteiger partial charge on any atom is -0.479 e. The fourth-order valence-corrected chi connectivity index (χ4v) is 4.11. The molecule has 0 aromatic heterocycles. The van der Waals surface area contributed by atoms with Crippen LogP contribution in [0.4, 0.5) is 14.5 Å². The molecular formula is C20H31F2NO3Si. The van der Waals surface area contributed by atoms with Gasteiger partial charge in [0, 0.05) is 38.0 Å². The molecule has 1 unspecified atom stereocenters. The second-order valence-electron chi connectivity index (χ2n) is 8.92. The summed E-state index contributed by atoms with van der Waals surface area (Å²) in [4.78, 5) is 13.6.